The number of methoxy groups -OCH3 is 1. The summed E-state index contributed by atoms with van der Waals surface area (Å²) in [6.07, 6.45) is 2.44. The summed E-state index contributed by atoms with van der Waals surface area (Å²) in [4.78, 5) is 2.56. The van der Waals surface area contributed by atoms with E-state index in [9.17, 15) is 5.11 Å². The van der Waals surface area contributed by atoms with E-state index in [1.165, 1.54) is 18.4 Å². The third-order valence-electron chi connectivity index (χ3n) is 3.98. The molecule has 0 aliphatic carbocycles. The van der Waals surface area contributed by atoms with Gasteiger partial charge in [-0.05, 0) is 51.8 Å². The summed E-state index contributed by atoms with van der Waals surface area (Å²) in [6, 6.07) is 6.65. The number of hydrogen-bond donors (Lipinski definition) is 1. The molecule has 1 aromatic carbocycles. The van der Waals surface area contributed by atoms with E-state index in [0.29, 0.717) is 6.04 Å². The van der Waals surface area contributed by atoms with Crippen molar-refractivity contribution in [1.82, 2.24) is 4.90 Å². The van der Waals surface area contributed by atoms with Crippen LogP contribution in [0.15, 0.2) is 18.2 Å². The average Bonchev–Trinajstić information content (AvgIpc) is 2.87. The van der Waals surface area contributed by atoms with Crippen LogP contribution in [0.25, 0.3) is 0 Å². The quantitative estimate of drug-likeness (QED) is 0.909. The van der Waals surface area contributed by atoms with Crippen LogP contribution in [0.4, 0.5) is 0 Å². The molecule has 1 aliphatic rings. The van der Waals surface area contributed by atoms with Gasteiger partial charge in [0.25, 0.3) is 0 Å². The molecule has 0 aromatic heterocycles. The minimum absolute atomic E-state index is 0.0249. The van der Waals surface area contributed by atoms with E-state index in [1.54, 1.807) is 7.11 Å². The summed E-state index contributed by atoms with van der Waals surface area (Å²) < 4.78 is 5.38. The molecular weight excluding hydrogens is 238 g/mol. The van der Waals surface area contributed by atoms with E-state index in [2.05, 4.69) is 37.8 Å². The van der Waals surface area contributed by atoms with Crippen molar-refractivity contribution < 1.29 is 9.84 Å². The van der Waals surface area contributed by atoms with Gasteiger partial charge < -0.3 is 9.84 Å². The lowest BCUT2D eigenvalue weighted by molar-refractivity contribution is 0.121. The van der Waals surface area contributed by atoms with Gasteiger partial charge in [0.05, 0.1) is 13.7 Å². The summed E-state index contributed by atoms with van der Waals surface area (Å²) in [5, 5.41) is 9.30. The molecule has 0 radical (unpaired) electrons. The Morgan fingerprint density at radius 1 is 1.37 bits per heavy atom. The van der Waals surface area contributed by atoms with Crippen molar-refractivity contribution in [3.05, 3.63) is 29.3 Å². The third kappa shape index (κ3) is 2.93. The lowest BCUT2D eigenvalue weighted by Crippen LogP contribution is -2.40. The molecule has 0 bridgehead atoms. The second-order valence-electron chi connectivity index (χ2n) is 6.25. The number of nitrogens with zero attached hydrogens (tertiary/aromatic N) is 1. The molecular formula is C16H25NO2. The van der Waals surface area contributed by atoms with Crippen LogP contribution in [0.2, 0.25) is 0 Å². The summed E-state index contributed by atoms with van der Waals surface area (Å²) in [5.74, 6) is 0.792. The highest BCUT2D eigenvalue weighted by atomic mass is 16.5. The van der Waals surface area contributed by atoms with Crippen molar-refractivity contribution in [3.8, 4) is 5.75 Å². The van der Waals surface area contributed by atoms with Crippen LogP contribution in [-0.2, 0) is 6.61 Å². The minimum Gasteiger partial charge on any atom is -0.496 e. The Morgan fingerprint density at radius 2 is 2.11 bits per heavy atom. The van der Waals surface area contributed by atoms with E-state index in [0.717, 1.165) is 17.9 Å². The number of aliphatic hydroxyl groups is 1. The first-order valence-corrected chi connectivity index (χ1v) is 7.02. The van der Waals surface area contributed by atoms with Gasteiger partial charge in [0, 0.05) is 17.1 Å². The summed E-state index contributed by atoms with van der Waals surface area (Å²) >= 11 is 0. The average molecular weight is 263 g/mol. The highest BCUT2D eigenvalue weighted by molar-refractivity contribution is 5.38. The SMILES string of the molecule is COc1cc(C2CCCN2C(C)(C)C)ccc1CO. The van der Waals surface area contributed by atoms with Crippen molar-refractivity contribution in [2.24, 2.45) is 0 Å². The fourth-order valence-electron chi connectivity index (χ4n) is 3.02. The van der Waals surface area contributed by atoms with E-state index in [4.69, 9.17) is 4.74 Å². The van der Waals surface area contributed by atoms with Gasteiger partial charge >= 0.3 is 0 Å². The zero-order chi connectivity index (χ0) is 14.0. The predicted molar refractivity (Wildman–Crippen MR) is 77.4 cm³/mol. The lowest BCUT2D eigenvalue weighted by atomic mass is 9.98. The van der Waals surface area contributed by atoms with Crippen molar-refractivity contribution in [3.63, 3.8) is 0 Å². The number of hydrogen-bond acceptors (Lipinski definition) is 3. The number of aliphatic hydroxyl groups excluding tert-OH is 1. The predicted octanol–water partition coefficient (Wildman–Crippen LogP) is 3.12. The Bertz CT molecular complexity index is 437. The van der Waals surface area contributed by atoms with Crippen molar-refractivity contribution in [2.75, 3.05) is 13.7 Å². The van der Waals surface area contributed by atoms with Gasteiger partial charge in [-0.25, -0.2) is 0 Å². The van der Waals surface area contributed by atoms with E-state index in [-0.39, 0.29) is 12.1 Å². The molecule has 1 saturated heterocycles. The zero-order valence-electron chi connectivity index (χ0n) is 12.4. The van der Waals surface area contributed by atoms with Crippen molar-refractivity contribution in [2.45, 2.75) is 51.8 Å². The molecule has 2 rings (SSSR count). The fraction of sp³-hybridized carbons (Fsp3) is 0.625. The third-order valence-corrected chi connectivity index (χ3v) is 3.98. The van der Waals surface area contributed by atoms with Gasteiger partial charge in [-0.15, -0.1) is 0 Å². The molecule has 1 atom stereocenters. The molecule has 3 nitrogen and oxygen atoms in total. The van der Waals surface area contributed by atoms with E-state index < -0.39 is 0 Å². The lowest BCUT2D eigenvalue weighted by Gasteiger charge is -2.37. The normalized spacial score (nSPS) is 20.8. The van der Waals surface area contributed by atoms with Gasteiger partial charge in [-0.3, -0.25) is 4.90 Å². The molecule has 1 N–H and O–H groups in total. The first kappa shape index (κ1) is 14.4. The monoisotopic (exact) mass is 263 g/mol. The molecule has 0 saturated carbocycles. The van der Waals surface area contributed by atoms with E-state index >= 15 is 0 Å². The van der Waals surface area contributed by atoms with Crippen LogP contribution < -0.4 is 4.74 Å². The Morgan fingerprint density at radius 3 is 2.68 bits per heavy atom. The Labute approximate surface area is 116 Å². The van der Waals surface area contributed by atoms with Crippen molar-refractivity contribution in [1.29, 1.82) is 0 Å². The summed E-state index contributed by atoms with van der Waals surface area (Å²) in [7, 11) is 1.66. The Balaban J connectivity index is 2.31. The van der Waals surface area contributed by atoms with Gasteiger partial charge in [-0.2, -0.15) is 0 Å². The minimum atomic E-state index is 0.0249. The topological polar surface area (TPSA) is 32.7 Å². The molecule has 3 heteroatoms. The maximum absolute atomic E-state index is 9.30. The molecule has 19 heavy (non-hydrogen) atoms. The number of likely N-dealkylation sites (tertiary alicyclic amines) is 1. The molecule has 1 aromatic rings. The summed E-state index contributed by atoms with van der Waals surface area (Å²) in [6.45, 7) is 7.98. The molecule has 0 spiro atoms. The fourth-order valence-corrected chi connectivity index (χ4v) is 3.02. The van der Waals surface area contributed by atoms with Crippen LogP contribution >= 0.6 is 0 Å². The second-order valence-corrected chi connectivity index (χ2v) is 6.25. The number of ether oxygens (including phenoxy) is 1. The van der Waals surface area contributed by atoms with Crippen LogP contribution in [0, 0.1) is 0 Å². The molecule has 1 aliphatic heterocycles. The smallest absolute Gasteiger partial charge is 0.124 e. The van der Waals surface area contributed by atoms with Gasteiger partial charge in [0.2, 0.25) is 0 Å². The number of benzene rings is 1. The Hall–Kier alpha value is -1.06. The Kier molecular flexibility index (Phi) is 4.16. The highest BCUT2D eigenvalue weighted by Crippen LogP contribution is 2.38. The highest BCUT2D eigenvalue weighted by Gasteiger charge is 2.33. The second kappa shape index (κ2) is 5.51. The zero-order valence-corrected chi connectivity index (χ0v) is 12.4. The number of rotatable bonds is 3. The standard InChI is InChI=1S/C16H25NO2/c1-16(2,3)17-9-5-6-14(17)12-7-8-13(11-18)15(10-12)19-4/h7-8,10,14,18H,5-6,9,11H2,1-4H3. The summed E-state index contributed by atoms with van der Waals surface area (Å²) in [5.41, 5.74) is 2.33. The van der Waals surface area contributed by atoms with Crippen LogP contribution in [0.3, 0.4) is 0 Å². The van der Waals surface area contributed by atoms with Gasteiger partial charge in [0.1, 0.15) is 5.75 Å². The molecule has 1 heterocycles. The molecule has 106 valence electrons. The maximum Gasteiger partial charge on any atom is 0.124 e. The largest absolute Gasteiger partial charge is 0.496 e. The van der Waals surface area contributed by atoms with Gasteiger partial charge in [0.15, 0.2) is 0 Å². The molecule has 1 fully saturated rings. The molecule has 0 amide bonds. The molecule has 1 unspecified atom stereocenters. The van der Waals surface area contributed by atoms with Gasteiger partial charge in [-0.1, -0.05) is 12.1 Å². The first-order valence-electron chi connectivity index (χ1n) is 7.02. The van der Waals surface area contributed by atoms with Crippen molar-refractivity contribution >= 4 is 0 Å². The van der Waals surface area contributed by atoms with E-state index in [1.807, 2.05) is 6.07 Å². The van der Waals surface area contributed by atoms with Crippen LogP contribution in [0.1, 0.15) is 50.8 Å². The maximum atomic E-state index is 9.30. The van der Waals surface area contributed by atoms with Crippen LogP contribution in [-0.4, -0.2) is 29.2 Å². The first-order chi connectivity index (χ1) is 8.97. The van der Waals surface area contributed by atoms with Crippen LogP contribution in [0.5, 0.6) is 5.75 Å².